The van der Waals surface area contributed by atoms with Gasteiger partial charge in [0.25, 0.3) is 0 Å². The first kappa shape index (κ1) is 16.6. The molecule has 2 aliphatic rings. The maximum atomic E-state index is 11.6. The van der Waals surface area contributed by atoms with Gasteiger partial charge in [-0.15, -0.1) is 0 Å². The Bertz CT molecular complexity index is 614. The lowest BCUT2D eigenvalue weighted by Crippen LogP contribution is -2.48. The molecule has 0 saturated carbocycles. The van der Waals surface area contributed by atoms with Gasteiger partial charge in [0.1, 0.15) is 0 Å². The lowest BCUT2D eigenvalue weighted by Gasteiger charge is -2.35. The Morgan fingerprint density at radius 2 is 1.26 bits per heavy atom. The zero-order valence-corrected chi connectivity index (χ0v) is 14.9. The number of nitrogens with zero attached hydrogens (tertiary/aromatic N) is 3. The van der Waals surface area contributed by atoms with Crippen molar-refractivity contribution in [2.75, 3.05) is 55.3 Å². The maximum Gasteiger partial charge on any atom is 0.211 e. The Morgan fingerprint density at radius 1 is 0.826 bits per heavy atom. The number of anilines is 2. The van der Waals surface area contributed by atoms with Crippen molar-refractivity contribution in [3.05, 3.63) is 24.3 Å². The summed E-state index contributed by atoms with van der Waals surface area (Å²) in [5, 5.41) is 0. The molecule has 0 amide bonds. The first-order chi connectivity index (χ1) is 10.9. The van der Waals surface area contributed by atoms with E-state index in [0.717, 1.165) is 32.1 Å². The summed E-state index contributed by atoms with van der Waals surface area (Å²) in [6.45, 7) is 7.29. The van der Waals surface area contributed by atoms with Crippen LogP contribution in [0.2, 0.25) is 0 Å². The van der Waals surface area contributed by atoms with Crippen LogP contribution in [0.3, 0.4) is 0 Å². The van der Waals surface area contributed by atoms with Crippen LogP contribution in [0.15, 0.2) is 24.3 Å². The second kappa shape index (κ2) is 6.69. The van der Waals surface area contributed by atoms with Crippen LogP contribution in [0.25, 0.3) is 0 Å². The van der Waals surface area contributed by atoms with Crippen molar-refractivity contribution >= 4 is 21.4 Å². The zero-order chi connectivity index (χ0) is 16.4. The lowest BCUT2D eigenvalue weighted by atomic mass is 9.99. The molecule has 2 saturated heterocycles. The highest BCUT2D eigenvalue weighted by Gasteiger charge is 2.23. The van der Waals surface area contributed by atoms with E-state index in [2.05, 4.69) is 41.0 Å². The van der Waals surface area contributed by atoms with Crippen molar-refractivity contribution in [1.29, 1.82) is 0 Å². The molecule has 0 radical (unpaired) electrons. The molecule has 128 valence electrons. The van der Waals surface area contributed by atoms with Gasteiger partial charge < -0.3 is 9.80 Å². The molecule has 6 heteroatoms. The predicted octanol–water partition coefficient (Wildman–Crippen LogP) is 2.00. The van der Waals surface area contributed by atoms with Gasteiger partial charge in [-0.2, -0.15) is 4.31 Å². The van der Waals surface area contributed by atoms with Crippen molar-refractivity contribution in [2.24, 2.45) is 5.92 Å². The predicted molar refractivity (Wildman–Crippen MR) is 95.7 cm³/mol. The maximum absolute atomic E-state index is 11.6. The van der Waals surface area contributed by atoms with Gasteiger partial charge in [-0.1, -0.05) is 6.92 Å². The second-order valence-electron chi connectivity index (χ2n) is 6.84. The molecular weight excluding hydrogens is 310 g/mol. The molecule has 0 unspecified atom stereocenters. The van der Waals surface area contributed by atoms with Gasteiger partial charge in [-0.25, -0.2) is 8.42 Å². The summed E-state index contributed by atoms with van der Waals surface area (Å²) in [6, 6.07) is 8.75. The highest BCUT2D eigenvalue weighted by atomic mass is 32.2. The van der Waals surface area contributed by atoms with Crippen LogP contribution in [0.4, 0.5) is 11.4 Å². The number of rotatable bonds is 3. The number of sulfonamides is 1. The first-order valence-corrected chi connectivity index (χ1v) is 10.3. The third-order valence-electron chi connectivity index (χ3n) is 5.07. The topological polar surface area (TPSA) is 43.9 Å². The SMILES string of the molecule is CC1CCN(c2ccc(N3CCN(S(C)(=O)=O)CC3)cc2)CC1. The highest BCUT2D eigenvalue weighted by molar-refractivity contribution is 7.88. The molecule has 0 atom stereocenters. The van der Waals surface area contributed by atoms with Gasteiger partial charge in [0.2, 0.25) is 10.0 Å². The Balaban J connectivity index is 1.60. The van der Waals surface area contributed by atoms with Crippen LogP contribution >= 0.6 is 0 Å². The minimum Gasteiger partial charge on any atom is -0.372 e. The molecule has 2 fully saturated rings. The Hall–Kier alpha value is -1.27. The van der Waals surface area contributed by atoms with E-state index in [-0.39, 0.29) is 0 Å². The number of hydrogen-bond acceptors (Lipinski definition) is 4. The molecule has 0 aromatic heterocycles. The van der Waals surface area contributed by atoms with Crippen molar-refractivity contribution in [2.45, 2.75) is 19.8 Å². The van der Waals surface area contributed by atoms with Crippen LogP contribution in [-0.4, -0.2) is 58.2 Å². The largest absolute Gasteiger partial charge is 0.372 e. The van der Waals surface area contributed by atoms with E-state index in [1.54, 1.807) is 4.31 Å². The van der Waals surface area contributed by atoms with Gasteiger partial charge in [0.15, 0.2) is 0 Å². The van der Waals surface area contributed by atoms with Gasteiger partial charge >= 0.3 is 0 Å². The van der Waals surface area contributed by atoms with Crippen molar-refractivity contribution < 1.29 is 8.42 Å². The van der Waals surface area contributed by atoms with Crippen LogP contribution in [-0.2, 0) is 10.0 Å². The van der Waals surface area contributed by atoms with Crippen molar-refractivity contribution in [1.82, 2.24) is 4.31 Å². The molecule has 5 nitrogen and oxygen atoms in total. The van der Waals surface area contributed by atoms with E-state index < -0.39 is 10.0 Å². The quantitative estimate of drug-likeness (QED) is 0.846. The molecule has 1 aromatic rings. The molecule has 2 aliphatic heterocycles. The minimum atomic E-state index is -3.06. The summed E-state index contributed by atoms with van der Waals surface area (Å²) in [4.78, 5) is 4.73. The third-order valence-corrected chi connectivity index (χ3v) is 6.37. The molecular formula is C17H27N3O2S. The van der Waals surface area contributed by atoms with E-state index in [1.807, 2.05) is 0 Å². The number of piperidine rings is 1. The van der Waals surface area contributed by atoms with Gasteiger partial charge in [-0.3, -0.25) is 0 Å². The number of piperazine rings is 1. The summed E-state index contributed by atoms with van der Waals surface area (Å²) in [5.41, 5.74) is 2.49. The zero-order valence-electron chi connectivity index (χ0n) is 14.1. The molecule has 0 aliphatic carbocycles. The van der Waals surface area contributed by atoms with Crippen LogP contribution in [0.1, 0.15) is 19.8 Å². The fourth-order valence-electron chi connectivity index (χ4n) is 3.42. The van der Waals surface area contributed by atoms with Gasteiger partial charge in [0.05, 0.1) is 6.26 Å². The van der Waals surface area contributed by atoms with E-state index in [4.69, 9.17) is 0 Å². The first-order valence-electron chi connectivity index (χ1n) is 8.48. The summed E-state index contributed by atoms with van der Waals surface area (Å²) in [7, 11) is -3.06. The van der Waals surface area contributed by atoms with Crippen molar-refractivity contribution in [3.63, 3.8) is 0 Å². The second-order valence-corrected chi connectivity index (χ2v) is 8.82. The summed E-state index contributed by atoms with van der Waals surface area (Å²) < 4.78 is 24.7. The fraction of sp³-hybridized carbons (Fsp3) is 0.647. The monoisotopic (exact) mass is 337 g/mol. The smallest absolute Gasteiger partial charge is 0.211 e. The van der Waals surface area contributed by atoms with Gasteiger partial charge in [-0.05, 0) is 43.0 Å². The average molecular weight is 337 g/mol. The van der Waals surface area contributed by atoms with Crippen LogP contribution in [0, 0.1) is 5.92 Å². The lowest BCUT2D eigenvalue weighted by molar-refractivity contribution is 0.388. The fourth-order valence-corrected chi connectivity index (χ4v) is 4.25. The van der Waals surface area contributed by atoms with E-state index in [0.29, 0.717) is 13.1 Å². The molecule has 0 bridgehead atoms. The Morgan fingerprint density at radius 3 is 1.70 bits per heavy atom. The molecule has 0 spiro atoms. The molecule has 23 heavy (non-hydrogen) atoms. The van der Waals surface area contributed by atoms with E-state index in [1.165, 1.54) is 30.5 Å². The highest BCUT2D eigenvalue weighted by Crippen LogP contribution is 2.26. The standard InChI is InChI=1S/C17H27N3O2S/c1-15-7-9-18(10-8-15)16-3-5-17(6-4-16)19-11-13-20(14-12-19)23(2,21)22/h3-6,15H,7-14H2,1-2H3. The number of hydrogen-bond donors (Lipinski definition) is 0. The van der Waals surface area contributed by atoms with Crippen LogP contribution in [0.5, 0.6) is 0 Å². The minimum absolute atomic E-state index is 0.574. The van der Waals surface area contributed by atoms with E-state index in [9.17, 15) is 8.42 Å². The molecule has 3 rings (SSSR count). The summed E-state index contributed by atoms with van der Waals surface area (Å²) in [5.74, 6) is 0.844. The average Bonchev–Trinajstić information content (AvgIpc) is 2.55. The van der Waals surface area contributed by atoms with Gasteiger partial charge in [0, 0.05) is 50.6 Å². The Kier molecular flexibility index (Phi) is 4.82. The third kappa shape index (κ3) is 3.98. The number of benzene rings is 1. The van der Waals surface area contributed by atoms with Crippen molar-refractivity contribution in [3.8, 4) is 0 Å². The molecule has 1 aromatic carbocycles. The molecule has 2 heterocycles. The summed E-state index contributed by atoms with van der Waals surface area (Å²) >= 11 is 0. The normalized spacial score (nSPS) is 21.7. The molecule has 0 N–H and O–H groups in total. The van der Waals surface area contributed by atoms with E-state index >= 15 is 0 Å². The summed E-state index contributed by atoms with van der Waals surface area (Å²) in [6.07, 6.45) is 3.83. The van der Waals surface area contributed by atoms with Crippen LogP contribution < -0.4 is 9.80 Å². The Labute approximate surface area is 139 Å².